The fourth-order valence-electron chi connectivity index (χ4n) is 1.67. The average molecular weight is 287 g/mol. The van der Waals surface area contributed by atoms with E-state index in [2.05, 4.69) is 5.32 Å². The van der Waals surface area contributed by atoms with E-state index >= 15 is 0 Å². The van der Waals surface area contributed by atoms with Gasteiger partial charge in [0.15, 0.2) is 0 Å². The lowest BCUT2D eigenvalue weighted by Crippen LogP contribution is -2.43. The van der Waals surface area contributed by atoms with Crippen molar-refractivity contribution < 1.29 is 9.59 Å². The predicted octanol–water partition coefficient (Wildman–Crippen LogP) is 1.25. The molecule has 3 amide bonds. The molecule has 0 bridgehead atoms. The number of nitrogens with two attached hydrogens (primary N) is 2. The van der Waals surface area contributed by atoms with Crippen LogP contribution in [0.4, 0.5) is 10.5 Å². The average Bonchev–Trinajstić information content (AvgIpc) is 2.27. The van der Waals surface area contributed by atoms with Crippen LogP contribution in [0.25, 0.3) is 0 Å². The Morgan fingerprint density at radius 2 is 2.05 bits per heavy atom. The molecule has 0 radical (unpaired) electrons. The predicted molar refractivity (Wildman–Crippen MR) is 76.8 cm³/mol. The van der Waals surface area contributed by atoms with Gasteiger partial charge in [-0.15, -0.1) is 12.4 Å². The van der Waals surface area contributed by atoms with Gasteiger partial charge in [-0.1, -0.05) is 12.1 Å². The van der Waals surface area contributed by atoms with Crippen LogP contribution < -0.4 is 16.9 Å². The number of benzene rings is 1. The number of hydrazine groups is 1. The summed E-state index contributed by atoms with van der Waals surface area (Å²) in [5.41, 5.74) is 6.63. The van der Waals surface area contributed by atoms with E-state index in [1.807, 2.05) is 19.1 Å². The smallest absolute Gasteiger partial charge is 0.316 e. The molecule has 0 aliphatic rings. The maximum absolute atomic E-state index is 11.1. The third-order valence-electron chi connectivity index (χ3n) is 2.56. The molecule has 5 N–H and O–H groups in total. The summed E-state index contributed by atoms with van der Waals surface area (Å²) >= 11 is 0. The standard InChI is InChI=1S/C12H18N4O2.ClH/c1-8(16(14)9(2)17)6-10-4-3-5-11(7-10)15-12(13)18;/h3-5,7-8H,6,14H2,1-2H3,(H3,13,15,18);1H. The third-order valence-corrected chi connectivity index (χ3v) is 2.56. The molecule has 1 aromatic carbocycles. The number of halogens is 1. The monoisotopic (exact) mass is 286 g/mol. The first kappa shape index (κ1) is 17.2. The Labute approximate surface area is 118 Å². The molecule has 1 rings (SSSR count). The van der Waals surface area contributed by atoms with Gasteiger partial charge in [-0.2, -0.15) is 0 Å². The Balaban J connectivity index is 0.00000324. The minimum Gasteiger partial charge on any atom is -0.351 e. The van der Waals surface area contributed by atoms with Crippen molar-refractivity contribution in [2.24, 2.45) is 11.6 Å². The highest BCUT2D eigenvalue weighted by Gasteiger charge is 2.13. The SMILES string of the molecule is CC(=O)N(N)C(C)Cc1cccc(NC(N)=O)c1.Cl. The zero-order valence-corrected chi connectivity index (χ0v) is 11.7. The molecule has 0 spiro atoms. The minimum absolute atomic E-state index is 0. The zero-order chi connectivity index (χ0) is 13.7. The number of anilines is 1. The number of hydrogen-bond donors (Lipinski definition) is 3. The summed E-state index contributed by atoms with van der Waals surface area (Å²) in [5.74, 6) is 5.43. The fourth-order valence-corrected chi connectivity index (χ4v) is 1.67. The largest absolute Gasteiger partial charge is 0.351 e. The van der Waals surface area contributed by atoms with Gasteiger partial charge in [-0.3, -0.25) is 9.80 Å². The van der Waals surface area contributed by atoms with Crippen LogP contribution in [0.1, 0.15) is 19.4 Å². The lowest BCUT2D eigenvalue weighted by atomic mass is 10.1. The zero-order valence-electron chi connectivity index (χ0n) is 10.9. The van der Waals surface area contributed by atoms with Gasteiger partial charge in [-0.05, 0) is 31.0 Å². The van der Waals surface area contributed by atoms with Gasteiger partial charge in [0.1, 0.15) is 0 Å². The number of primary amides is 1. The van der Waals surface area contributed by atoms with Crippen LogP contribution in [0.2, 0.25) is 0 Å². The van der Waals surface area contributed by atoms with Gasteiger partial charge in [0.25, 0.3) is 0 Å². The molecule has 0 fully saturated rings. The van der Waals surface area contributed by atoms with Gasteiger partial charge in [-0.25, -0.2) is 10.6 Å². The number of amides is 3. The summed E-state index contributed by atoms with van der Waals surface area (Å²) in [6, 6.07) is 6.52. The van der Waals surface area contributed by atoms with Crippen molar-refractivity contribution in [2.75, 3.05) is 5.32 Å². The molecule has 0 heterocycles. The van der Waals surface area contributed by atoms with Crippen LogP contribution in [0.3, 0.4) is 0 Å². The fraction of sp³-hybridized carbons (Fsp3) is 0.333. The van der Waals surface area contributed by atoms with Crippen LogP contribution >= 0.6 is 12.4 Å². The van der Waals surface area contributed by atoms with E-state index in [0.29, 0.717) is 12.1 Å². The first-order valence-electron chi connectivity index (χ1n) is 5.60. The van der Waals surface area contributed by atoms with Crippen molar-refractivity contribution in [2.45, 2.75) is 26.3 Å². The minimum atomic E-state index is -0.607. The molecule has 0 saturated carbocycles. The van der Waals surface area contributed by atoms with Gasteiger partial charge < -0.3 is 11.1 Å². The van der Waals surface area contributed by atoms with Crippen molar-refractivity contribution in [3.8, 4) is 0 Å². The van der Waals surface area contributed by atoms with E-state index in [0.717, 1.165) is 5.56 Å². The second-order valence-corrected chi connectivity index (χ2v) is 4.17. The molecule has 19 heavy (non-hydrogen) atoms. The Bertz CT molecular complexity index is 453. The molecule has 0 aromatic heterocycles. The summed E-state index contributed by atoms with van der Waals surface area (Å²) in [6.07, 6.45) is 0.602. The van der Waals surface area contributed by atoms with Crippen LogP contribution in [0.5, 0.6) is 0 Å². The first-order chi connectivity index (χ1) is 8.40. The number of carbonyl (C=O) groups excluding carboxylic acids is 2. The summed E-state index contributed by atoms with van der Waals surface area (Å²) in [7, 11) is 0. The van der Waals surface area contributed by atoms with E-state index in [4.69, 9.17) is 11.6 Å². The molecule has 0 aliphatic carbocycles. The highest BCUT2D eigenvalue weighted by Crippen LogP contribution is 2.13. The summed E-state index contributed by atoms with van der Waals surface area (Å²) in [6.45, 7) is 3.27. The van der Waals surface area contributed by atoms with Gasteiger partial charge in [0.05, 0.1) is 0 Å². The highest BCUT2D eigenvalue weighted by molar-refractivity contribution is 5.87. The van der Waals surface area contributed by atoms with Crippen molar-refractivity contribution in [3.05, 3.63) is 29.8 Å². The lowest BCUT2D eigenvalue weighted by molar-refractivity contribution is -0.131. The molecule has 1 aromatic rings. The lowest BCUT2D eigenvalue weighted by Gasteiger charge is -2.23. The molecule has 1 atom stereocenters. The quantitative estimate of drug-likeness (QED) is 0.441. The Kier molecular flexibility index (Phi) is 6.89. The summed E-state index contributed by atoms with van der Waals surface area (Å²) < 4.78 is 0. The topological polar surface area (TPSA) is 101 Å². The van der Waals surface area contributed by atoms with Crippen molar-refractivity contribution in [3.63, 3.8) is 0 Å². The van der Waals surface area contributed by atoms with E-state index in [1.54, 1.807) is 12.1 Å². The molecular weight excluding hydrogens is 268 g/mol. The maximum atomic E-state index is 11.1. The third kappa shape index (κ3) is 5.58. The van der Waals surface area contributed by atoms with E-state index < -0.39 is 6.03 Å². The Morgan fingerprint density at radius 1 is 1.42 bits per heavy atom. The summed E-state index contributed by atoms with van der Waals surface area (Å²) in [4.78, 5) is 21.9. The second kappa shape index (κ2) is 7.60. The molecular formula is C12H19ClN4O2. The van der Waals surface area contributed by atoms with Crippen LogP contribution in [-0.2, 0) is 11.2 Å². The van der Waals surface area contributed by atoms with Crippen molar-refractivity contribution in [1.29, 1.82) is 0 Å². The van der Waals surface area contributed by atoms with Gasteiger partial charge in [0, 0.05) is 18.7 Å². The number of rotatable bonds is 4. The number of hydrogen-bond acceptors (Lipinski definition) is 3. The van der Waals surface area contributed by atoms with E-state index in [-0.39, 0.29) is 24.4 Å². The van der Waals surface area contributed by atoms with E-state index in [1.165, 1.54) is 11.9 Å². The van der Waals surface area contributed by atoms with Crippen molar-refractivity contribution in [1.82, 2.24) is 5.01 Å². The maximum Gasteiger partial charge on any atom is 0.316 e. The molecule has 1 unspecified atom stereocenters. The number of carbonyl (C=O) groups is 2. The Morgan fingerprint density at radius 3 is 2.58 bits per heavy atom. The molecule has 6 nitrogen and oxygen atoms in total. The number of nitrogens with zero attached hydrogens (tertiary/aromatic N) is 1. The number of urea groups is 1. The normalized spacial score (nSPS) is 11.1. The molecule has 106 valence electrons. The van der Waals surface area contributed by atoms with Crippen LogP contribution in [0.15, 0.2) is 24.3 Å². The van der Waals surface area contributed by atoms with Crippen molar-refractivity contribution >= 4 is 30.0 Å². The molecule has 7 heteroatoms. The van der Waals surface area contributed by atoms with Crippen LogP contribution in [0, 0.1) is 0 Å². The first-order valence-corrected chi connectivity index (χ1v) is 5.60. The summed E-state index contributed by atoms with van der Waals surface area (Å²) in [5, 5.41) is 3.69. The van der Waals surface area contributed by atoms with Gasteiger partial charge >= 0.3 is 6.03 Å². The molecule has 0 aliphatic heterocycles. The van der Waals surface area contributed by atoms with Gasteiger partial charge in [0.2, 0.25) is 5.91 Å². The molecule has 0 saturated heterocycles. The second-order valence-electron chi connectivity index (χ2n) is 4.17. The highest BCUT2D eigenvalue weighted by atomic mass is 35.5. The van der Waals surface area contributed by atoms with E-state index in [9.17, 15) is 9.59 Å². The number of nitrogens with one attached hydrogen (secondary N) is 1. The van der Waals surface area contributed by atoms with Crippen LogP contribution in [-0.4, -0.2) is 23.0 Å². The Hall–Kier alpha value is -1.79.